The Hall–Kier alpha value is -1.79. The van der Waals surface area contributed by atoms with Crippen molar-refractivity contribution < 1.29 is 19.5 Å². The Labute approximate surface area is 112 Å². The average Bonchev–Trinajstić information content (AvgIpc) is 2.29. The Morgan fingerprint density at radius 3 is 2.58 bits per heavy atom. The number of carbonyl (C=O) groups is 1. The normalized spacial score (nSPS) is 11.0. The van der Waals surface area contributed by atoms with E-state index in [-0.39, 0.29) is 0 Å². The lowest BCUT2D eigenvalue weighted by Crippen LogP contribution is -2.27. The molecule has 19 heavy (non-hydrogen) atoms. The molecule has 0 heterocycles. The Kier molecular flexibility index (Phi) is 5.14. The summed E-state index contributed by atoms with van der Waals surface area (Å²) in [5, 5.41) is 11.3. The number of anilines is 1. The van der Waals surface area contributed by atoms with Crippen LogP contribution >= 0.6 is 0 Å². The number of methoxy groups -OCH3 is 1. The fourth-order valence-electron chi connectivity index (χ4n) is 1.45. The molecule has 0 aliphatic heterocycles. The van der Waals surface area contributed by atoms with E-state index >= 15 is 0 Å². The van der Waals surface area contributed by atoms with Crippen molar-refractivity contribution in [2.45, 2.75) is 32.9 Å². The van der Waals surface area contributed by atoms with Crippen molar-refractivity contribution in [1.82, 2.24) is 5.48 Å². The second-order valence-corrected chi connectivity index (χ2v) is 5.00. The summed E-state index contributed by atoms with van der Waals surface area (Å²) < 4.78 is 10.3. The highest BCUT2D eigenvalue weighted by Gasteiger charge is 2.17. The lowest BCUT2D eigenvalue weighted by atomic mass is 10.2. The molecule has 0 fully saturated rings. The molecule has 1 aromatic carbocycles. The van der Waals surface area contributed by atoms with Gasteiger partial charge in [-0.2, -0.15) is 0 Å². The molecular formula is C13H20N2O4. The second kappa shape index (κ2) is 6.40. The van der Waals surface area contributed by atoms with Crippen molar-refractivity contribution in [3.63, 3.8) is 0 Å². The van der Waals surface area contributed by atoms with E-state index in [1.165, 1.54) is 7.11 Å². The van der Waals surface area contributed by atoms with E-state index in [0.29, 0.717) is 18.0 Å². The summed E-state index contributed by atoms with van der Waals surface area (Å²) >= 11 is 0. The lowest BCUT2D eigenvalue weighted by Gasteiger charge is -2.20. The van der Waals surface area contributed by atoms with Crippen molar-refractivity contribution in [3.8, 4) is 5.75 Å². The van der Waals surface area contributed by atoms with Gasteiger partial charge < -0.3 is 14.7 Å². The molecule has 0 saturated carbocycles. The Balaban J connectivity index is 2.80. The van der Waals surface area contributed by atoms with Gasteiger partial charge in [0.1, 0.15) is 11.4 Å². The zero-order chi connectivity index (χ0) is 14.5. The molecule has 0 spiro atoms. The summed E-state index contributed by atoms with van der Waals surface area (Å²) in [7, 11) is 1.51. The third-order valence-corrected chi connectivity index (χ3v) is 2.18. The lowest BCUT2D eigenvalue weighted by molar-refractivity contribution is 0.0635. The number of hydrogen-bond acceptors (Lipinski definition) is 5. The third-order valence-electron chi connectivity index (χ3n) is 2.18. The monoisotopic (exact) mass is 268 g/mol. The van der Waals surface area contributed by atoms with Crippen LogP contribution < -0.4 is 15.5 Å². The molecule has 1 amide bonds. The van der Waals surface area contributed by atoms with Crippen LogP contribution in [-0.2, 0) is 11.3 Å². The maximum Gasteiger partial charge on any atom is 0.412 e. The van der Waals surface area contributed by atoms with E-state index in [9.17, 15) is 4.79 Å². The van der Waals surface area contributed by atoms with Gasteiger partial charge in [0.2, 0.25) is 0 Å². The summed E-state index contributed by atoms with van der Waals surface area (Å²) in [6, 6.07) is 5.17. The molecule has 106 valence electrons. The van der Waals surface area contributed by atoms with Crippen LogP contribution in [0.1, 0.15) is 26.3 Å². The number of ether oxygens (including phenoxy) is 2. The highest BCUT2D eigenvalue weighted by Crippen LogP contribution is 2.26. The number of benzene rings is 1. The molecule has 0 unspecified atom stereocenters. The Morgan fingerprint density at radius 2 is 2.05 bits per heavy atom. The van der Waals surface area contributed by atoms with Crippen LogP contribution in [-0.4, -0.2) is 24.0 Å². The predicted molar refractivity (Wildman–Crippen MR) is 71.5 cm³/mol. The minimum absolute atomic E-state index is 0.295. The van der Waals surface area contributed by atoms with Crippen molar-refractivity contribution in [2.75, 3.05) is 12.4 Å². The first-order chi connectivity index (χ1) is 8.85. The number of nitrogens with one attached hydrogen (secondary N) is 2. The summed E-state index contributed by atoms with van der Waals surface area (Å²) in [5.74, 6) is 0.499. The topological polar surface area (TPSA) is 79.8 Å². The summed E-state index contributed by atoms with van der Waals surface area (Å²) in [4.78, 5) is 11.7. The Morgan fingerprint density at radius 1 is 1.37 bits per heavy atom. The first-order valence-corrected chi connectivity index (χ1v) is 5.89. The number of amides is 1. The van der Waals surface area contributed by atoms with Gasteiger partial charge in [-0.3, -0.25) is 5.32 Å². The van der Waals surface area contributed by atoms with E-state index in [4.69, 9.17) is 14.7 Å². The summed E-state index contributed by atoms with van der Waals surface area (Å²) in [6.07, 6.45) is -0.543. The molecule has 6 heteroatoms. The van der Waals surface area contributed by atoms with Crippen LogP contribution in [0.2, 0.25) is 0 Å². The van der Waals surface area contributed by atoms with Gasteiger partial charge in [-0.25, -0.2) is 10.3 Å². The van der Waals surface area contributed by atoms with E-state index in [1.54, 1.807) is 39.0 Å². The molecule has 0 bridgehead atoms. The van der Waals surface area contributed by atoms with E-state index in [1.807, 2.05) is 0 Å². The highest BCUT2D eigenvalue weighted by molar-refractivity contribution is 5.87. The average molecular weight is 268 g/mol. The van der Waals surface area contributed by atoms with E-state index in [0.717, 1.165) is 5.56 Å². The zero-order valence-corrected chi connectivity index (χ0v) is 11.6. The molecule has 0 aliphatic carbocycles. The van der Waals surface area contributed by atoms with Crippen LogP contribution in [0.4, 0.5) is 10.5 Å². The maximum atomic E-state index is 11.7. The van der Waals surface area contributed by atoms with Crippen LogP contribution in [0, 0.1) is 0 Å². The van der Waals surface area contributed by atoms with Crippen molar-refractivity contribution in [3.05, 3.63) is 23.8 Å². The smallest absolute Gasteiger partial charge is 0.412 e. The van der Waals surface area contributed by atoms with Crippen LogP contribution in [0.15, 0.2) is 18.2 Å². The van der Waals surface area contributed by atoms with Gasteiger partial charge in [-0.05, 0) is 38.5 Å². The molecule has 1 aromatic rings. The minimum Gasteiger partial charge on any atom is -0.495 e. The molecule has 0 radical (unpaired) electrons. The molecule has 0 aliphatic rings. The first-order valence-electron chi connectivity index (χ1n) is 5.89. The van der Waals surface area contributed by atoms with Gasteiger partial charge in [0.05, 0.1) is 12.8 Å². The predicted octanol–water partition coefficient (Wildman–Crippen LogP) is 2.52. The van der Waals surface area contributed by atoms with Gasteiger partial charge >= 0.3 is 6.09 Å². The van der Waals surface area contributed by atoms with Crippen LogP contribution in [0.5, 0.6) is 5.75 Å². The van der Waals surface area contributed by atoms with Gasteiger partial charge in [0.15, 0.2) is 0 Å². The molecule has 6 nitrogen and oxygen atoms in total. The van der Waals surface area contributed by atoms with Gasteiger partial charge in [-0.1, -0.05) is 6.07 Å². The fourth-order valence-corrected chi connectivity index (χ4v) is 1.45. The summed E-state index contributed by atoms with van der Waals surface area (Å²) in [6.45, 7) is 5.67. The molecule has 1 rings (SSSR count). The van der Waals surface area contributed by atoms with Crippen LogP contribution in [0.25, 0.3) is 0 Å². The van der Waals surface area contributed by atoms with Gasteiger partial charge in [-0.15, -0.1) is 0 Å². The zero-order valence-electron chi connectivity index (χ0n) is 11.6. The molecule has 0 aromatic heterocycles. The number of carbonyl (C=O) groups excluding carboxylic acids is 1. The second-order valence-electron chi connectivity index (χ2n) is 5.00. The molecule has 3 N–H and O–H groups in total. The third kappa shape index (κ3) is 5.15. The summed E-state index contributed by atoms with van der Waals surface area (Å²) in [5.41, 5.74) is 2.84. The SMILES string of the molecule is COc1cc(CNO)ccc1NC(=O)OC(C)(C)C. The number of hydroxylamine groups is 1. The quantitative estimate of drug-likeness (QED) is 0.731. The van der Waals surface area contributed by atoms with Crippen LogP contribution in [0.3, 0.4) is 0 Å². The fraction of sp³-hybridized carbons (Fsp3) is 0.462. The van der Waals surface area contributed by atoms with E-state index in [2.05, 4.69) is 10.8 Å². The Bertz CT molecular complexity index is 441. The van der Waals surface area contributed by atoms with Crippen molar-refractivity contribution in [1.29, 1.82) is 0 Å². The van der Waals surface area contributed by atoms with E-state index < -0.39 is 11.7 Å². The highest BCUT2D eigenvalue weighted by atomic mass is 16.6. The number of hydrogen-bond donors (Lipinski definition) is 3. The van der Waals surface area contributed by atoms with Gasteiger partial charge in [0.25, 0.3) is 0 Å². The molecular weight excluding hydrogens is 248 g/mol. The minimum atomic E-state index is -0.557. The number of rotatable bonds is 4. The first kappa shape index (κ1) is 15.3. The largest absolute Gasteiger partial charge is 0.495 e. The van der Waals surface area contributed by atoms with Gasteiger partial charge in [0, 0.05) is 6.54 Å². The van der Waals surface area contributed by atoms with Crippen molar-refractivity contribution in [2.24, 2.45) is 0 Å². The standard InChI is InChI=1S/C13H20N2O4/c1-13(2,3)19-12(16)15-10-6-5-9(8-14-17)7-11(10)18-4/h5-7,14,17H,8H2,1-4H3,(H,15,16). The molecule has 0 atom stereocenters. The molecule has 0 saturated heterocycles. The van der Waals surface area contributed by atoms with Crippen molar-refractivity contribution >= 4 is 11.8 Å². The maximum absolute atomic E-state index is 11.7.